The Balaban J connectivity index is 5.16. The fourth-order valence-electron chi connectivity index (χ4n) is 3.73. The Bertz CT molecular complexity index is 334. The highest BCUT2D eigenvalue weighted by atomic mass is 16.6. The lowest BCUT2D eigenvalue weighted by molar-refractivity contribution is -0.243. The monoisotopic (exact) mass is 348 g/mol. The largest absolute Gasteiger partial charge is 0.396 e. The quantitative estimate of drug-likeness (QED) is 0.384. The van der Waals surface area contributed by atoms with Crippen LogP contribution in [0.3, 0.4) is 0 Å². The van der Waals surface area contributed by atoms with Crippen LogP contribution in [-0.4, -0.2) is 51.1 Å². The molecular formula is C19H40O5. The van der Waals surface area contributed by atoms with E-state index in [1.807, 2.05) is 20.8 Å². The molecule has 24 heavy (non-hydrogen) atoms. The van der Waals surface area contributed by atoms with Gasteiger partial charge in [-0.1, -0.05) is 47.0 Å². The molecule has 0 spiro atoms. The van der Waals surface area contributed by atoms with Crippen LogP contribution in [0.15, 0.2) is 0 Å². The third-order valence-corrected chi connectivity index (χ3v) is 5.31. The Morgan fingerprint density at radius 3 is 1.83 bits per heavy atom. The van der Waals surface area contributed by atoms with Crippen LogP contribution in [0.2, 0.25) is 0 Å². The number of aliphatic hydroxyl groups excluding tert-OH is 4. The molecule has 0 aliphatic rings. The van der Waals surface area contributed by atoms with Gasteiger partial charge in [0, 0.05) is 6.61 Å². The van der Waals surface area contributed by atoms with Crippen LogP contribution in [0.1, 0.15) is 80.1 Å². The van der Waals surface area contributed by atoms with Crippen LogP contribution < -0.4 is 0 Å². The van der Waals surface area contributed by atoms with Crippen molar-refractivity contribution in [2.45, 2.75) is 104 Å². The van der Waals surface area contributed by atoms with Crippen molar-refractivity contribution in [2.24, 2.45) is 11.3 Å². The van der Waals surface area contributed by atoms with Crippen molar-refractivity contribution in [3.8, 4) is 0 Å². The van der Waals surface area contributed by atoms with Crippen LogP contribution >= 0.6 is 0 Å². The lowest BCUT2D eigenvalue weighted by atomic mass is 9.67. The summed E-state index contributed by atoms with van der Waals surface area (Å²) >= 11 is 0. The third kappa shape index (κ3) is 6.96. The first-order chi connectivity index (χ1) is 11.1. The molecule has 0 saturated carbocycles. The van der Waals surface area contributed by atoms with E-state index in [1.54, 1.807) is 0 Å². The molecular weight excluding hydrogens is 308 g/mol. The zero-order chi connectivity index (χ0) is 19.0. The fourth-order valence-corrected chi connectivity index (χ4v) is 3.73. The highest BCUT2D eigenvalue weighted by Gasteiger charge is 2.42. The van der Waals surface area contributed by atoms with E-state index in [0.29, 0.717) is 6.42 Å². The number of aliphatic hydroxyl groups is 4. The normalized spacial score (nSPS) is 20.2. The Hall–Kier alpha value is -0.200. The van der Waals surface area contributed by atoms with Gasteiger partial charge >= 0.3 is 0 Å². The van der Waals surface area contributed by atoms with Crippen molar-refractivity contribution < 1.29 is 25.2 Å². The number of hydrogen-bond donors (Lipinski definition) is 4. The third-order valence-electron chi connectivity index (χ3n) is 5.31. The van der Waals surface area contributed by atoms with Gasteiger partial charge in [-0.15, -0.1) is 0 Å². The molecule has 0 bridgehead atoms. The molecule has 0 radical (unpaired) electrons. The van der Waals surface area contributed by atoms with E-state index in [-0.39, 0.29) is 17.9 Å². The standard InChI is InChI=1S/C19H40O5/c1-7-11-18(4,5)24-17(23)16(22)15(21)14(10-13-20)19(6,9-3)12-8-2/h14-17,20-23H,7-13H2,1-6H3. The van der Waals surface area contributed by atoms with Crippen molar-refractivity contribution in [2.75, 3.05) is 6.61 Å². The summed E-state index contributed by atoms with van der Waals surface area (Å²) in [5.41, 5.74) is -0.782. The Morgan fingerprint density at radius 2 is 1.42 bits per heavy atom. The summed E-state index contributed by atoms with van der Waals surface area (Å²) in [4.78, 5) is 0. The van der Waals surface area contributed by atoms with Gasteiger partial charge in [0.05, 0.1) is 11.7 Å². The molecule has 0 saturated heterocycles. The number of ether oxygens (including phenoxy) is 1. The van der Waals surface area contributed by atoms with Crippen molar-refractivity contribution in [1.29, 1.82) is 0 Å². The molecule has 0 aromatic heterocycles. The molecule has 0 aromatic carbocycles. The molecule has 5 unspecified atom stereocenters. The Labute approximate surface area is 148 Å². The second-order valence-electron chi connectivity index (χ2n) is 7.88. The summed E-state index contributed by atoms with van der Waals surface area (Å²) < 4.78 is 5.58. The topological polar surface area (TPSA) is 90.2 Å². The second-order valence-corrected chi connectivity index (χ2v) is 7.88. The lowest BCUT2D eigenvalue weighted by Gasteiger charge is -2.42. The summed E-state index contributed by atoms with van der Waals surface area (Å²) in [6.45, 7) is 11.9. The van der Waals surface area contributed by atoms with E-state index in [9.17, 15) is 20.4 Å². The number of hydrogen-bond acceptors (Lipinski definition) is 5. The molecule has 0 rings (SSSR count). The van der Waals surface area contributed by atoms with E-state index in [4.69, 9.17) is 4.74 Å². The molecule has 5 heteroatoms. The van der Waals surface area contributed by atoms with Crippen molar-refractivity contribution >= 4 is 0 Å². The molecule has 4 N–H and O–H groups in total. The van der Waals surface area contributed by atoms with Crippen molar-refractivity contribution in [3.05, 3.63) is 0 Å². The predicted molar refractivity (Wildman–Crippen MR) is 96.6 cm³/mol. The minimum absolute atomic E-state index is 0.0635. The van der Waals surface area contributed by atoms with Gasteiger partial charge in [0.2, 0.25) is 0 Å². The van der Waals surface area contributed by atoms with Gasteiger partial charge in [0.15, 0.2) is 6.29 Å². The highest BCUT2D eigenvalue weighted by Crippen LogP contribution is 2.41. The summed E-state index contributed by atoms with van der Waals surface area (Å²) in [5.74, 6) is -0.310. The first-order valence-corrected chi connectivity index (χ1v) is 9.41. The van der Waals surface area contributed by atoms with Gasteiger partial charge < -0.3 is 25.2 Å². The average molecular weight is 349 g/mol. The molecule has 0 aromatic rings. The molecule has 146 valence electrons. The zero-order valence-electron chi connectivity index (χ0n) is 16.5. The maximum atomic E-state index is 10.7. The molecule has 5 atom stereocenters. The summed E-state index contributed by atoms with van der Waals surface area (Å²) in [5, 5.41) is 40.8. The highest BCUT2D eigenvalue weighted by molar-refractivity contribution is 4.90. The summed E-state index contributed by atoms with van der Waals surface area (Å²) in [6, 6.07) is 0. The average Bonchev–Trinajstić information content (AvgIpc) is 2.50. The first-order valence-electron chi connectivity index (χ1n) is 9.41. The lowest BCUT2D eigenvalue weighted by Crippen LogP contribution is -2.50. The smallest absolute Gasteiger partial charge is 0.184 e. The summed E-state index contributed by atoms with van der Waals surface area (Å²) in [6.07, 6.45) is 0.687. The van der Waals surface area contributed by atoms with Crippen molar-refractivity contribution in [3.63, 3.8) is 0 Å². The van der Waals surface area contributed by atoms with E-state index >= 15 is 0 Å². The fraction of sp³-hybridized carbons (Fsp3) is 1.00. The Morgan fingerprint density at radius 1 is 0.875 bits per heavy atom. The van der Waals surface area contributed by atoms with Gasteiger partial charge in [-0.2, -0.15) is 0 Å². The van der Waals surface area contributed by atoms with E-state index in [2.05, 4.69) is 20.8 Å². The SMILES string of the molecule is CCCC(C)(C)OC(O)C(O)C(O)C(CCO)C(C)(CC)CCC. The zero-order valence-corrected chi connectivity index (χ0v) is 16.5. The van der Waals surface area contributed by atoms with Gasteiger partial charge in [-0.25, -0.2) is 0 Å². The van der Waals surface area contributed by atoms with Gasteiger partial charge in [0.25, 0.3) is 0 Å². The van der Waals surface area contributed by atoms with E-state index in [1.165, 1.54) is 0 Å². The van der Waals surface area contributed by atoms with Crippen LogP contribution in [0, 0.1) is 11.3 Å². The molecule has 5 nitrogen and oxygen atoms in total. The van der Waals surface area contributed by atoms with Crippen LogP contribution in [-0.2, 0) is 4.74 Å². The maximum Gasteiger partial charge on any atom is 0.184 e. The molecule has 0 aliphatic carbocycles. The van der Waals surface area contributed by atoms with Crippen LogP contribution in [0.5, 0.6) is 0 Å². The maximum absolute atomic E-state index is 10.7. The minimum Gasteiger partial charge on any atom is -0.396 e. The van der Waals surface area contributed by atoms with Crippen molar-refractivity contribution in [1.82, 2.24) is 0 Å². The van der Waals surface area contributed by atoms with E-state index < -0.39 is 24.1 Å². The van der Waals surface area contributed by atoms with Gasteiger partial charge in [-0.05, 0) is 44.4 Å². The van der Waals surface area contributed by atoms with E-state index in [0.717, 1.165) is 32.1 Å². The molecule has 0 aliphatic heterocycles. The summed E-state index contributed by atoms with van der Waals surface area (Å²) in [7, 11) is 0. The molecule has 0 fully saturated rings. The minimum atomic E-state index is -1.45. The second kappa shape index (κ2) is 10.7. The van der Waals surface area contributed by atoms with Gasteiger partial charge in [0.1, 0.15) is 6.10 Å². The number of rotatable bonds is 13. The van der Waals surface area contributed by atoms with Crippen LogP contribution in [0.4, 0.5) is 0 Å². The van der Waals surface area contributed by atoms with Gasteiger partial charge in [-0.3, -0.25) is 0 Å². The molecule has 0 heterocycles. The predicted octanol–water partition coefficient (Wildman–Crippen LogP) is 2.84. The Kier molecular flexibility index (Phi) is 10.6. The molecule has 0 amide bonds. The van der Waals surface area contributed by atoms with Crippen LogP contribution in [0.25, 0.3) is 0 Å². The first kappa shape index (κ1) is 23.8.